The van der Waals surface area contributed by atoms with Crippen LogP contribution in [0.15, 0.2) is 42.6 Å². The molecule has 0 spiro atoms. The zero-order chi connectivity index (χ0) is 18.0. The smallest absolute Gasteiger partial charge is 0.256 e. The predicted octanol–water partition coefficient (Wildman–Crippen LogP) is 2.10. The first-order valence-corrected chi connectivity index (χ1v) is 8.26. The molecule has 1 fully saturated rings. The Morgan fingerprint density at radius 2 is 2.12 bits per heavy atom. The molecule has 1 aliphatic rings. The topological polar surface area (TPSA) is 65.9 Å². The second kappa shape index (κ2) is 7.11. The molecule has 0 radical (unpaired) electrons. The Bertz CT molecular complexity index is 746. The zero-order valence-electron chi connectivity index (χ0n) is 14.7. The maximum absolute atomic E-state index is 12.9. The van der Waals surface area contributed by atoms with Gasteiger partial charge in [-0.15, -0.1) is 0 Å². The van der Waals surface area contributed by atoms with Crippen molar-refractivity contribution in [2.75, 3.05) is 32.6 Å². The summed E-state index contributed by atoms with van der Waals surface area (Å²) in [6.45, 7) is 0.316. The number of carbonyl (C=O) groups is 1. The third kappa shape index (κ3) is 3.58. The van der Waals surface area contributed by atoms with Crippen LogP contribution < -0.4 is 9.64 Å². The van der Waals surface area contributed by atoms with Crippen molar-refractivity contribution < 1.29 is 14.6 Å². The molecule has 2 heterocycles. The van der Waals surface area contributed by atoms with Crippen LogP contribution in [0, 0.1) is 0 Å². The fraction of sp³-hybridized carbons (Fsp3) is 0.368. The van der Waals surface area contributed by atoms with E-state index in [-0.39, 0.29) is 11.9 Å². The van der Waals surface area contributed by atoms with Crippen LogP contribution in [0.5, 0.6) is 5.75 Å². The zero-order valence-corrected chi connectivity index (χ0v) is 14.7. The first-order valence-electron chi connectivity index (χ1n) is 8.26. The summed E-state index contributed by atoms with van der Waals surface area (Å²) < 4.78 is 5.28. The molecule has 0 aliphatic carbocycles. The van der Waals surface area contributed by atoms with Gasteiger partial charge in [0.25, 0.3) is 5.91 Å². The number of aliphatic hydroxyl groups excluding tert-OH is 1. The number of benzene rings is 1. The van der Waals surface area contributed by atoms with E-state index in [2.05, 4.69) is 4.98 Å². The molecule has 0 saturated carbocycles. The summed E-state index contributed by atoms with van der Waals surface area (Å²) in [4.78, 5) is 20.8. The molecule has 25 heavy (non-hydrogen) atoms. The molecule has 132 valence electrons. The highest BCUT2D eigenvalue weighted by Crippen LogP contribution is 2.34. The summed E-state index contributed by atoms with van der Waals surface area (Å²) in [5.74, 6) is 1.41. The summed E-state index contributed by atoms with van der Waals surface area (Å²) in [5, 5.41) is 10.1. The van der Waals surface area contributed by atoms with Crippen LogP contribution in [0.4, 0.5) is 5.82 Å². The lowest BCUT2D eigenvalue weighted by Gasteiger charge is -2.25. The number of β-amino-alcohol motifs (C(OH)–C–C–N with tert-alkyl or cyclic N) is 1. The van der Waals surface area contributed by atoms with Crippen molar-refractivity contribution in [2.45, 2.75) is 18.6 Å². The first-order chi connectivity index (χ1) is 12.0. The van der Waals surface area contributed by atoms with Gasteiger partial charge in [0.2, 0.25) is 0 Å². The molecule has 1 aromatic carbocycles. The number of aromatic nitrogens is 1. The van der Waals surface area contributed by atoms with Crippen LogP contribution in [0.1, 0.15) is 28.4 Å². The van der Waals surface area contributed by atoms with E-state index < -0.39 is 6.10 Å². The predicted molar refractivity (Wildman–Crippen MR) is 96.0 cm³/mol. The van der Waals surface area contributed by atoms with E-state index in [0.29, 0.717) is 18.5 Å². The highest BCUT2D eigenvalue weighted by molar-refractivity contribution is 5.94. The fourth-order valence-corrected chi connectivity index (χ4v) is 3.15. The summed E-state index contributed by atoms with van der Waals surface area (Å²) in [7, 11) is 5.42. The number of hydrogen-bond acceptors (Lipinski definition) is 5. The van der Waals surface area contributed by atoms with E-state index in [1.165, 1.54) is 0 Å². The Morgan fingerprint density at radius 1 is 1.32 bits per heavy atom. The normalized spacial score (nSPS) is 19.8. The molecule has 2 aromatic rings. The van der Waals surface area contributed by atoms with Gasteiger partial charge < -0.3 is 19.6 Å². The lowest BCUT2D eigenvalue weighted by atomic mass is 10.0. The van der Waals surface area contributed by atoms with Gasteiger partial charge in [0.15, 0.2) is 0 Å². The third-order valence-electron chi connectivity index (χ3n) is 4.47. The Morgan fingerprint density at radius 3 is 2.76 bits per heavy atom. The van der Waals surface area contributed by atoms with Gasteiger partial charge >= 0.3 is 0 Å². The van der Waals surface area contributed by atoms with Crippen molar-refractivity contribution in [2.24, 2.45) is 0 Å². The number of methoxy groups -OCH3 is 1. The van der Waals surface area contributed by atoms with Crippen molar-refractivity contribution in [3.63, 3.8) is 0 Å². The van der Waals surface area contributed by atoms with E-state index in [1.807, 2.05) is 49.3 Å². The number of aliphatic hydroxyl groups is 1. The number of nitrogens with zero attached hydrogens (tertiary/aromatic N) is 3. The molecule has 0 unspecified atom stereocenters. The molecule has 1 aromatic heterocycles. The maximum Gasteiger partial charge on any atom is 0.256 e. The van der Waals surface area contributed by atoms with Gasteiger partial charge in [0.05, 0.1) is 24.8 Å². The number of rotatable bonds is 4. The minimum absolute atomic E-state index is 0.123. The molecule has 1 N–H and O–H groups in total. The van der Waals surface area contributed by atoms with Gasteiger partial charge in [-0.2, -0.15) is 0 Å². The van der Waals surface area contributed by atoms with Crippen molar-refractivity contribution in [1.29, 1.82) is 0 Å². The van der Waals surface area contributed by atoms with Gasteiger partial charge in [0.1, 0.15) is 11.6 Å². The number of anilines is 1. The molecular weight excluding hydrogens is 318 g/mol. The third-order valence-corrected chi connectivity index (χ3v) is 4.47. The van der Waals surface area contributed by atoms with Gasteiger partial charge in [-0.25, -0.2) is 4.98 Å². The molecule has 1 amide bonds. The van der Waals surface area contributed by atoms with Crippen molar-refractivity contribution in [3.8, 4) is 5.75 Å². The Hall–Kier alpha value is -2.60. The molecule has 6 heteroatoms. The van der Waals surface area contributed by atoms with Gasteiger partial charge in [0, 0.05) is 26.8 Å². The highest BCUT2D eigenvalue weighted by Gasteiger charge is 2.36. The van der Waals surface area contributed by atoms with Crippen LogP contribution in [0.2, 0.25) is 0 Å². The van der Waals surface area contributed by atoms with Crippen LogP contribution in [-0.4, -0.2) is 54.8 Å². The molecule has 1 saturated heterocycles. The van der Waals surface area contributed by atoms with E-state index in [4.69, 9.17) is 4.74 Å². The van der Waals surface area contributed by atoms with Crippen LogP contribution in [0.3, 0.4) is 0 Å². The lowest BCUT2D eigenvalue weighted by Crippen LogP contribution is -2.32. The summed E-state index contributed by atoms with van der Waals surface area (Å²) in [6.07, 6.45) is 1.57. The minimum atomic E-state index is -0.533. The summed E-state index contributed by atoms with van der Waals surface area (Å²) >= 11 is 0. The lowest BCUT2D eigenvalue weighted by molar-refractivity contribution is 0.0715. The van der Waals surface area contributed by atoms with Crippen molar-refractivity contribution in [3.05, 3.63) is 53.7 Å². The van der Waals surface area contributed by atoms with E-state index >= 15 is 0 Å². The fourth-order valence-electron chi connectivity index (χ4n) is 3.15. The van der Waals surface area contributed by atoms with Crippen LogP contribution in [0.25, 0.3) is 0 Å². The first kappa shape index (κ1) is 17.2. The summed E-state index contributed by atoms with van der Waals surface area (Å²) in [5.41, 5.74) is 1.48. The molecule has 6 nitrogen and oxygen atoms in total. The number of pyridine rings is 1. The van der Waals surface area contributed by atoms with Crippen LogP contribution >= 0.6 is 0 Å². The quantitative estimate of drug-likeness (QED) is 0.923. The number of likely N-dealkylation sites (tertiary alicyclic amines) is 1. The molecule has 3 rings (SSSR count). The van der Waals surface area contributed by atoms with Gasteiger partial charge in [-0.3, -0.25) is 4.79 Å². The van der Waals surface area contributed by atoms with E-state index in [1.54, 1.807) is 24.3 Å². The highest BCUT2D eigenvalue weighted by atomic mass is 16.5. The number of hydrogen-bond donors (Lipinski definition) is 1. The average molecular weight is 341 g/mol. The van der Waals surface area contributed by atoms with E-state index in [9.17, 15) is 9.90 Å². The monoisotopic (exact) mass is 341 g/mol. The standard InChI is InChI=1S/C19H23N3O3/c1-21(2)18-8-7-14(11-20-18)19(24)22-12-15(23)10-17(22)13-5-4-6-16(9-13)25-3/h4-9,11,15,17,23H,10,12H2,1-3H3/t15-,17-/m0/s1. The van der Waals surface area contributed by atoms with Gasteiger partial charge in [-0.1, -0.05) is 12.1 Å². The largest absolute Gasteiger partial charge is 0.497 e. The summed E-state index contributed by atoms with van der Waals surface area (Å²) in [6, 6.07) is 11.1. The Labute approximate surface area is 147 Å². The second-order valence-corrected chi connectivity index (χ2v) is 6.44. The van der Waals surface area contributed by atoms with Crippen LogP contribution in [-0.2, 0) is 0 Å². The number of carbonyl (C=O) groups excluding carboxylic acids is 1. The SMILES string of the molecule is COc1cccc([C@@H]2C[C@H](O)CN2C(=O)c2ccc(N(C)C)nc2)c1. The van der Waals surface area contributed by atoms with Crippen molar-refractivity contribution in [1.82, 2.24) is 9.88 Å². The Kier molecular flexibility index (Phi) is 4.90. The minimum Gasteiger partial charge on any atom is -0.497 e. The average Bonchev–Trinajstić information content (AvgIpc) is 3.03. The number of amides is 1. The molecule has 0 bridgehead atoms. The molecular formula is C19H23N3O3. The second-order valence-electron chi connectivity index (χ2n) is 6.44. The number of ether oxygens (including phenoxy) is 1. The van der Waals surface area contributed by atoms with E-state index in [0.717, 1.165) is 17.1 Å². The Balaban J connectivity index is 1.86. The van der Waals surface area contributed by atoms with Crippen molar-refractivity contribution >= 4 is 11.7 Å². The molecule has 1 aliphatic heterocycles. The van der Waals surface area contributed by atoms with Gasteiger partial charge in [-0.05, 0) is 36.2 Å². The molecule has 2 atom stereocenters. The maximum atomic E-state index is 12.9.